The third-order valence-corrected chi connectivity index (χ3v) is 2.87. The molecular formula is C15H18N2. The summed E-state index contributed by atoms with van der Waals surface area (Å²) in [6.07, 6.45) is 3.69. The zero-order chi connectivity index (χ0) is 12.3. The minimum Gasteiger partial charge on any atom is -0.380 e. The third kappa shape index (κ3) is 2.84. The van der Waals surface area contributed by atoms with Gasteiger partial charge in [0.15, 0.2) is 0 Å². The zero-order valence-corrected chi connectivity index (χ0v) is 10.6. The molecule has 17 heavy (non-hydrogen) atoms. The quantitative estimate of drug-likeness (QED) is 0.864. The molecule has 0 unspecified atom stereocenters. The van der Waals surface area contributed by atoms with E-state index in [4.69, 9.17) is 0 Å². The summed E-state index contributed by atoms with van der Waals surface area (Å²) in [5, 5.41) is 3.48. The highest BCUT2D eigenvalue weighted by molar-refractivity contribution is 5.58. The van der Waals surface area contributed by atoms with Crippen LogP contribution in [0.4, 0.5) is 5.69 Å². The fraction of sp³-hybridized carbons (Fsp3) is 0.267. The summed E-state index contributed by atoms with van der Waals surface area (Å²) in [5.74, 6) is 0. The van der Waals surface area contributed by atoms with E-state index < -0.39 is 0 Å². The van der Waals surface area contributed by atoms with Crippen LogP contribution >= 0.6 is 0 Å². The second-order valence-corrected chi connectivity index (χ2v) is 4.49. The number of aryl methyl sites for hydroxylation is 3. The molecule has 0 bridgehead atoms. The van der Waals surface area contributed by atoms with E-state index in [-0.39, 0.29) is 0 Å². The van der Waals surface area contributed by atoms with E-state index in [2.05, 4.69) is 49.3 Å². The minimum atomic E-state index is 0.818. The van der Waals surface area contributed by atoms with Crippen LogP contribution < -0.4 is 5.32 Å². The van der Waals surface area contributed by atoms with Gasteiger partial charge in [-0.3, -0.25) is 4.98 Å². The van der Waals surface area contributed by atoms with Gasteiger partial charge in [-0.05, 0) is 43.5 Å². The molecule has 2 nitrogen and oxygen atoms in total. The first kappa shape index (κ1) is 11.6. The van der Waals surface area contributed by atoms with Crippen LogP contribution in [0.2, 0.25) is 0 Å². The van der Waals surface area contributed by atoms with Crippen LogP contribution in [0.1, 0.15) is 22.3 Å². The Morgan fingerprint density at radius 3 is 2.41 bits per heavy atom. The molecule has 88 valence electrons. The molecule has 0 atom stereocenters. The zero-order valence-electron chi connectivity index (χ0n) is 10.6. The Morgan fingerprint density at radius 2 is 1.82 bits per heavy atom. The van der Waals surface area contributed by atoms with Gasteiger partial charge in [0.2, 0.25) is 0 Å². The molecular weight excluding hydrogens is 208 g/mol. The Kier molecular flexibility index (Phi) is 3.43. The standard InChI is InChI=1S/C15H18N2/c1-11-7-12(2)15(13(3)8-11)17-10-14-5-4-6-16-9-14/h4-9,17H,10H2,1-3H3. The van der Waals surface area contributed by atoms with E-state index >= 15 is 0 Å². The molecule has 0 radical (unpaired) electrons. The average Bonchev–Trinajstić information content (AvgIpc) is 2.29. The molecule has 0 aliphatic carbocycles. The van der Waals surface area contributed by atoms with Crippen molar-refractivity contribution in [3.05, 3.63) is 58.9 Å². The molecule has 2 rings (SSSR count). The normalized spacial score (nSPS) is 10.3. The summed E-state index contributed by atoms with van der Waals surface area (Å²) in [7, 11) is 0. The maximum atomic E-state index is 4.12. The van der Waals surface area contributed by atoms with E-state index in [1.807, 2.05) is 12.3 Å². The number of anilines is 1. The summed E-state index contributed by atoms with van der Waals surface area (Å²) >= 11 is 0. The molecule has 1 aromatic carbocycles. The van der Waals surface area contributed by atoms with Crippen molar-refractivity contribution in [1.82, 2.24) is 4.98 Å². The van der Waals surface area contributed by atoms with Gasteiger partial charge in [-0.1, -0.05) is 23.8 Å². The maximum absolute atomic E-state index is 4.12. The lowest BCUT2D eigenvalue weighted by molar-refractivity contribution is 1.10. The first-order valence-corrected chi connectivity index (χ1v) is 5.87. The predicted octanol–water partition coefficient (Wildman–Crippen LogP) is 3.62. The first-order valence-electron chi connectivity index (χ1n) is 5.87. The molecule has 1 N–H and O–H groups in total. The van der Waals surface area contributed by atoms with Crippen LogP contribution in [0.25, 0.3) is 0 Å². The smallest absolute Gasteiger partial charge is 0.0416 e. The number of rotatable bonds is 3. The van der Waals surface area contributed by atoms with Crippen molar-refractivity contribution in [3.63, 3.8) is 0 Å². The lowest BCUT2D eigenvalue weighted by Gasteiger charge is -2.13. The highest BCUT2D eigenvalue weighted by Gasteiger charge is 2.03. The van der Waals surface area contributed by atoms with Crippen molar-refractivity contribution >= 4 is 5.69 Å². The average molecular weight is 226 g/mol. The molecule has 0 saturated heterocycles. The van der Waals surface area contributed by atoms with Crippen LogP contribution in [0, 0.1) is 20.8 Å². The summed E-state index contributed by atoms with van der Waals surface area (Å²) in [6.45, 7) is 7.24. The highest BCUT2D eigenvalue weighted by atomic mass is 14.9. The molecule has 0 aliphatic heterocycles. The number of pyridine rings is 1. The highest BCUT2D eigenvalue weighted by Crippen LogP contribution is 2.22. The Labute approximate surface area is 103 Å². The van der Waals surface area contributed by atoms with Crippen molar-refractivity contribution in [3.8, 4) is 0 Å². The van der Waals surface area contributed by atoms with Crippen LogP contribution in [0.5, 0.6) is 0 Å². The Bertz CT molecular complexity index is 481. The number of hydrogen-bond acceptors (Lipinski definition) is 2. The summed E-state index contributed by atoms with van der Waals surface area (Å²) in [5.41, 5.74) is 6.34. The third-order valence-electron chi connectivity index (χ3n) is 2.87. The second kappa shape index (κ2) is 5.00. The lowest BCUT2D eigenvalue weighted by Crippen LogP contribution is -2.03. The minimum absolute atomic E-state index is 0.818. The summed E-state index contributed by atoms with van der Waals surface area (Å²) in [4.78, 5) is 4.12. The van der Waals surface area contributed by atoms with E-state index in [1.165, 1.54) is 27.9 Å². The van der Waals surface area contributed by atoms with Gasteiger partial charge in [0.1, 0.15) is 0 Å². The Morgan fingerprint density at radius 1 is 1.12 bits per heavy atom. The van der Waals surface area contributed by atoms with E-state index in [0.717, 1.165) is 6.54 Å². The Hall–Kier alpha value is -1.83. The summed E-state index contributed by atoms with van der Waals surface area (Å²) < 4.78 is 0. The van der Waals surface area contributed by atoms with Crippen molar-refractivity contribution in [2.24, 2.45) is 0 Å². The van der Waals surface area contributed by atoms with Crippen molar-refractivity contribution in [2.45, 2.75) is 27.3 Å². The van der Waals surface area contributed by atoms with Crippen LogP contribution in [0.15, 0.2) is 36.7 Å². The van der Waals surface area contributed by atoms with E-state index in [0.29, 0.717) is 0 Å². The number of hydrogen-bond donors (Lipinski definition) is 1. The maximum Gasteiger partial charge on any atom is 0.0416 e. The van der Waals surface area contributed by atoms with Gasteiger partial charge < -0.3 is 5.32 Å². The largest absolute Gasteiger partial charge is 0.380 e. The SMILES string of the molecule is Cc1cc(C)c(NCc2cccnc2)c(C)c1. The first-order chi connectivity index (χ1) is 8.16. The van der Waals surface area contributed by atoms with Gasteiger partial charge in [0.05, 0.1) is 0 Å². The second-order valence-electron chi connectivity index (χ2n) is 4.49. The monoisotopic (exact) mass is 226 g/mol. The summed E-state index contributed by atoms with van der Waals surface area (Å²) in [6, 6.07) is 8.46. The molecule has 0 aliphatic rings. The number of benzene rings is 1. The van der Waals surface area contributed by atoms with Gasteiger partial charge in [-0.2, -0.15) is 0 Å². The van der Waals surface area contributed by atoms with Gasteiger partial charge in [-0.25, -0.2) is 0 Å². The van der Waals surface area contributed by atoms with Crippen LogP contribution in [-0.2, 0) is 6.54 Å². The Balaban J connectivity index is 2.15. The lowest BCUT2D eigenvalue weighted by atomic mass is 10.0. The number of aromatic nitrogens is 1. The van der Waals surface area contributed by atoms with Gasteiger partial charge in [0.25, 0.3) is 0 Å². The molecule has 1 heterocycles. The fourth-order valence-electron chi connectivity index (χ4n) is 2.15. The van der Waals surface area contributed by atoms with E-state index in [9.17, 15) is 0 Å². The van der Waals surface area contributed by atoms with Gasteiger partial charge in [0, 0.05) is 24.6 Å². The molecule has 2 heteroatoms. The number of nitrogens with zero attached hydrogens (tertiary/aromatic N) is 1. The molecule has 0 amide bonds. The fourth-order valence-corrected chi connectivity index (χ4v) is 2.15. The van der Waals surface area contributed by atoms with Crippen molar-refractivity contribution in [1.29, 1.82) is 0 Å². The topological polar surface area (TPSA) is 24.9 Å². The predicted molar refractivity (Wildman–Crippen MR) is 72.2 cm³/mol. The number of nitrogens with one attached hydrogen (secondary N) is 1. The molecule has 0 fully saturated rings. The van der Waals surface area contributed by atoms with Crippen LogP contribution in [0.3, 0.4) is 0 Å². The van der Waals surface area contributed by atoms with Crippen LogP contribution in [-0.4, -0.2) is 4.98 Å². The molecule has 2 aromatic rings. The molecule has 0 spiro atoms. The van der Waals surface area contributed by atoms with Gasteiger partial charge >= 0.3 is 0 Å². The van der Waals surface area contributed by atoms with Crippen molar-refractivity contribution in [2.75, 3.05) is 5.32 Å². The van der Waals surface area contributed by atoms with E-state index in [1.54, 1.807) is 6.20 Å². The van der Waals surface area contributed by atoms with Crippen molar-refractivity contribution < 1.29 is 0 Å². The molecule has 1 aromatic heterocycles. The van der Waals surface area contributed by atoms with Gasteiger partial charge in [-0.15, -0.1) is 0 Å². The molecule has 0 saturated carbocycles.